The van der Waals surface area contributed by atoms with Crippen LogP contribution in [0.3, 0.4) is 0 Å². The summed E-state index contributed by atoms with van der Waals surface area (Å²) in [5.41, 5.74) is 0. The number of ether oxygens (including phenoxy) is 4. The summed E-state index contributed by atoms with van der Waals surface area (Å²) < 4.78 is 21.8. The van der Waals surface area contributed by atoms with Crippen LogP contribution in [0.25, 0.3) is 0 Å². The van der Waals surface area contributed by atoms with Crippen LogP contribution in [0, 0.1) is 0 Å². The molecule has 0 radical (unpaired) electrons. The summed E-state index contributed by atoms with van der Waals surface area (Å²) >= 11 is 0. The molecule has 4 nitrogen and oxygen atoms in total. The van der Waals surface area contributed by atoms with Gasteiger partial charge in [0.25, 0.3) is 0 Å². The highest BCUT2D eigenvalue weighted by atomic mass is 16.7. The number of rotatable bonds is 13. The summed E-state index contributed by atoms with van der Waals surface area (Å²) in [7, 11) is 0. The fourth-order valence-electron chi connectivity index (χ4n) is 1.31. The van der Waals surface area contributed by atoms with Crippen molar-refractivity contribution in [2.45, 2.75) is 66.0 Å². The molecule has 0 saturated carbocycles. The normalized spacial score (nSPS) is 14.7. The molecular formula is C14H30O4. The van der Waals surface area contributed by atoms with E-state index in [4.69, 9.17) is 18.9 Å². The van der Waals surface area contributed by atoms with Crippen LogP contribution in [0.1, 0.15) is 53.4 Å². The van der Waals surface area contributed by atoms with Gasteiger partial charge in [0.1, 0.15) is 0 Å². The Labute approximate surface area is 112 Å². The molecule has 2 unspecified atom stereocenters. The predicted octanol–water partition coefficient (Wildman–Crippen LogP) is 3.35. The first-order valence-electron chi connectivity index (χ1n) is 7.17. The van der Waals surface area contributed by atoms with Crippen LogP contribution in [0.4, 0.5) is 0 Å². The van der Waals surface area contributed by atoms with Crippen molar-refractivity contribution in [1.82, 2.24) is 0 Å². The van der Waals surface area contributed by atoms with Gasteiger partial charge in [0.05, 0.1) is 13.2 Å². The standard InChI is InChI=1S/C14H30O4/c1-5-7-9-15-13(3)17-11-12-18-14(4)16-10-8-6-2/h13-14H,5-12H2,1-4H3. The third-order valence-corrected chi connectivity index (χ3v) is 2.49. The summed E-state index contributed by atoms with van der Waals surface area (Å²) in [6, 6.07) is 0. The molecule has 0 aromatic rings. The molecule has 0 aliphatic carbocycles. The van der Waals surface area contributed by atoms with Gasteiger partial charge in [0.2, 0.25) is 0 Å². The first-order chi connectivity index (χ1) is 8.70. The molecule has 0 bridgehead atoms. The number of hydrogen-bond acceptors (Lipinski definition) is 4. The lowest BCUT2D eigenvalue weighted by Crippen LogP contribution is -2.20. The zero-order valence-corrected chi connectivity index (χ0v) is 12.4. The molecular weight excluding hydrogens is 232 g/mol. The Hall–Kier alpha value is -0.160. The maximum atomic E-state index is 5.46. The minimum atomic E-state index is -0.156. The minimum Gasteiger partial charge on any atom is -0.353 e. The average Bonchev–Trinajstić information content (AvgIpc) is 2.35. The molecule has 4 heteroatoms. The minimum absolute atomic E-state index is 0.156. The maximum Gasteiger partial charge on any atom is 0.154 e. The molecule has 0 aromatic carbocycles. The smallest absolute Gasteiger partial charge is 0.154 e. The van der Waals surface area contributed by atoms with Crippen LogP contribution >= 0.6 is 0 Å². The highest BCUT2D eigenvalue weighted by Crippen LogP contribution is 1.99. The molecule has 0 amide bonds. The molecule has 0 spiro atoms. The highest BCUT2D eigenvalue weighted by Gasteiger charge is 2.04. The molecule has 0 fully saturated rings. The molecule has 2 atom stereocenters. The summed E-state index contributed by atoms with van der Waals surface area (Å²) in [4.78, 5) is 0. The second-order valence-electron chi connectivity index (χ2n) is 4.33. The third kappa shape index (κ3) is 12.3. The Balaban J connectivity index is 3.27. The van der Waals surface area contributed by atoms with Crippen LogP contribution in [-0.4, -0.2) is 39.0 Å². The van der Waals surface area contributed by atoms with Gasteiger partial charge in [0.15, 0.2) is 12.6 Å². The van der Waals surface area contributed by atoms with Crippen LogP contribution in [0.5, 0.6) is 0 Å². The summed E-state index contributed by atoms with van der Waals surface area (Å²) in [6.07, 6.45) is 4.12. The van der Waals surface area contributed by atoms with Crippen molar-refractivity contribution in [3.63, 3.8) is 0 Å². The highest BCUT2D eigenvalue weighted by molar-refractivity contribution is 4.39. The van der Waals surface area contributed by atoms with Crippen molar-refractivity contribution in [2.24, 2.45) is 0 Å². The first kappa shape index (κ1) is 17.8. The predicted molar refractivity (Wildman–Crippen MR) is 72.5 cm³/mol. The molecule has 110 valence electrons. The quantitative estimate of drug-likeness (QED) is 0.377. The van der Waals surface area contributed by atoms with Crippen molar-refractivity contribution in [2.75, 3.05) is 26.4 Å². The van der Waals surface area contributed by atoms with Crippen molar-refractivity contribution in [3.05, 3.63) is 0 Å². The van der Waals surface area contributed by atoms with E-state index in [0.29, 0.717) is 13.2 Å². The fraction of sp³-hybridized carbons (Fsp3) is 1.00. The van der Waals surface area contributed by atoms with Gasteiger partial charge in [-0.15, -0.1) is 0 Å². The van der Waals surface area contributed by atoms with Crippen molar-refractivity contribution in [3.8, 4) is 0 Å². The summed E-state index contributed by atoms with van der Waals surface area (Å²) in [5, 5.41) is 0. The monoisotopic (exact) mass is 262 g/mol. The van der Waals surface area contributed by atoms with E-state index in [-0.39, 0.29) is 12.6 Å². The molecule has 0 N–H and O–H groups in total. The Morgan fingerprint density at radius 2 is 0.944 bits per heavy atom. The second kappa shape index (κ2) is 13.3. The van der Waals surface area contributed by atoms with E-state index in [1.807, 2.05) is 13.8 Å². The van der Waals surface area contributed by atoms with Gasteiger partial charge in [-0.1, -0.05) is 26.7 Å². The number of hydrogen-bond donors (Lipinski definition) is 0. The Kier molecular flexibility index (Phi) is 13.2. The van der Waals surface area contributed by atoms with Crippen molar-refractivity contribution in [1.29, 1.82) is 0 Å². The fourth-order valence-corrected chi connectivity index (χ4v) is 1.31. The van der Waals surface area contributed by atoms with Crippen molar-refractivity contribution < 1.29 is 18.9 Å². The van der Waals surface area contributed by atoms with E-state index in [2.05, 4.69) is 13.8 Å². The van der Waals surface area contributed by atoms with Gasteiger partial charge < -0.3 is 18.9 Å². The van der Waals surface area contributed by atoms with E-state index < -0.39 is 0 Å². The van der Waals surface area contributed by atoms with E-state index in [9.17, 15) is 0 Å². The second-order valence-corrected chi connectivity index (χ2v) is 4.33. The van der Waals surface area contributed by atoms with Crippen LogP contribution < -0.4 is 0 Å². The maximum absolute atomic E-state index is 5.46. The molecule has 0 aliphatic heterocycles. The van der Waals surface area contributed by atoms with Crippen LogP contribution in [0.2, 0.25) is 0 Å². The Morgan fingerprint density at radius 1 is 0.611 bits per heavy atom. The Morgan fingerprint density at radius 3 is 1.28 bits per heavy atom. The van der Waals surface area contributed by atoms with E-state index in [0.717, 1.165) is 38.9 Å². The SMILES string of the molecule is CCCCOC(C)OCCOC(C)OCCCC. The van der Waals surface area contributed by atoms with Crippen LogP contribution in [-0.2, 0) is 18.9 Å². The van der Waals surface area contributed by atoms with E-state index in [1.165, 1.54) is 0 Å². The lowest BCUT2D eigenvalue weighted by atomic mass is 10.4. The summed E-state index contributed by atoms with van der Waals surface area (Å²) in [6.45, 7) is 10.7. The van der Waals surface area contributed by atoms with Crippen molar-refractivity contribution >= 4 is 0 Å². The molecule has 0 heterocycles. The molecule has 0 aliphatic rings. The molecule has 0 rings (SSSR count). The molecule has 18 heavy (non-hydrogen) atoms. The van der Waals surface area contributed by atoms with Gasteiger partial charge >= 0.3 is 0 Å². The third-order valence-electron chi connectivity index (χ3n) is 2.49. The van der Waals surface area contributed by atoms with E-state index >= 15 is 0 Å². The zero-order valence-electron chi connectivity index (χ0n) is 12.4. The van der Waals surface area contributed by atoms with Gasteiger partial charge in [-0.3, -0.25) is 0 Å². The number of unbranched alkanes of at least 4 members (excludes halogenated alkanes) is 2. The van der Waals surface area contributed by atoms with Gasteiger partial charge in [0, 0.05) is 13.2 Å². The average molecular weight is 262 g/mol. The van der Waals surface area contributed by atoms with Gasteiger partial charge in [-0.25, -0.2) is 0 Å². The molecule has 0 saturated heterocycles. The Bertz CT molecular complexity index is 146. The van der Waals surface area contributed by atoms with Gasteiger partial charge in [-0.05, 0) is 26.7 Å². The van der Waals surface area contributed by atoms with E-state index in [1.54, 1.807) is 0 Å². The van der Waals surface area contributed by atoms with Gasteiger partial charge in [-0.2, -0.15) is 0 Å². The lowest BCUT2D eigenvalue weighted by molar-refractivity contribution is -0.171. The molecule has 0 aromatic heterocycles. The van der Waals surface area contributed by atoms with Crippen LogP contribution in [0.15, 0.2) is 0 Å². The largest absolute Gasteiger partial charge is 0.353 e. The zero-order chi connectivity index (χ0) is 13.6. The summed E-state index contributed by atoms with van der Waals surface area (Å²) in [5.74, 6) is 0. The first-order valence-corrected chi connectivity index (χ1v) is 7.17. The lowest BCUT2D eigenvalue weighted by Gasteiger charge is -2.16. The topological polar surface area (TPSA) is 36.9 Å².